The molecule has 0 saturated heterocycles. The molecule has 29 heavy (non-hydrogen) atoms. The molecule has 11 heteroatoms. The Labute approximate surface area is 168 Å². The molecule has 1 aliphatic carbocycles. The number of alkyl halides is 4. The van der Waals surface area contributed by atoms with Gasteiger partial charge in [0.1, 0.15) is 17.4 Å². The van der Waals surface area contributed by atoms with Crippen LogP contribution >= 0.6 is 11.6 Å². The van der Waals surface area contributed by atoms with Gasteiger partial charge in [0.05, 0.1) is 18.1 Å². The lowest BCUT2D eigenvalue weighted by Gasteiger charge is -2.19. The van der Waals surface area contributed by atoms with Crippen molar-refractivity contribution in [2.45, 2.75) is 25.2 Å². The maximum absolute atomic E-state index is 14.5. The minimum atomic E-state index is -5.26. The molecule has 2 atom stereocenters. The van der Waals surface area contributed by atoms with Gasteiger partial charge in [0.25, 0.3) is 5.78 Å². The Bertz CT molecular complexity index is 887. The van der Waals surface area contributed by atoms with E-state index < -0.39 is 46.9 Å². The summed E-state index contributed by atoms with van der Waals surface area (Å²) < 4.78 is 63.6. The number of hydrogen-bond donors (Lipinski definition) is 0. The van der Waals surface area contributed by atoms with Crippen molar-refractivity contribution in [1.29, 1.82) is 0 Å². The predicted molar refractivity (Wildman–Crippen MR) is 95.9 cm³/mol. The Morgan fingerprint density at radius 2 is 2.03 bits per heavy atom. The second-order valence-electron chi connectivity index (χ2n) is 6.18. The van der Waals surface area contributed by atoms with E-state index >= 15 is 0 Å². The number of allylic oxidation sites excluding steroid dienone is 5. The topological polar surface area (TPSA) is 72.6 Å². The molecule has 1 aliphatic rings. The van der Waals surface area contributed by atoms with E-state index in [1.165, 1.54) is 33.2 Å². The van der Waals surface area contributed by atoms with Crippen LogP contribution in [-0.2, 0) is 9.53 Å². The number of carbonyl (C=O) groups excluding carboxylic acids is 2. The van der Waals surface area contributed by atoms with Crippen LogP contribution in [-0.4, -0.2) is 54.9 Å². The molecule has 0 fully saturated rings. The van der Waals surface area contributed by atoms with Crippen molar-refractivity contribution in [3.63, 3.8) is 0 Å². The second kappa shape index (κ2) is 8.81. The van der Waals surface area contributed by atoms with Crippen LogP contribution in [0.15, 0.2) is 34.0 Å². The van der Waals surface area contributed by atoms with Crippen molar-refractivity contribution >= 4 is 28.9 Å². The minimum Gasteiger partial charge on any atom is -0.462 e. The highest BCUT2D eigenvalue weighted by Crippen LogP contribution is 2.40. The van der Waals surface area contributed by atoms with Crippen LogP contribution in [0, 0.1) is 0 Å². The van der Waals surface area contributed by atoms with E-state index in [0.29, 0.717) is 0 Å². The molecule has 0 aliphatic heterocycles. The lowest BCUT2D eigenvalue weighted by atomic mass is 9.90. The van der Waals surface area contributed by atoms with Gasteiger partial charge in [0, 0.05) is 25.3 Å². The lowest BCUT2D eigenvalue weighted by Crippen LogP contribution is -2.26. The third kappa shape index (κ3) is 4.87. The number of esters is 1. The highest BCUT2D eigenvalue weighted by molar-refractivity contribution is 6.30. The summed E-state index contributed by atoms with van der Waals surface area (Å²) in [5.41, 5.74) is -1.94. The highest BCUT2D eigenvalue weighted by atomic mass is 35.5. The first-order valence-corrected chi connectivity index (χ1v) is 8.71. The number of halogens is 5. The van der Waals surface area contributed by atoms with Crippen LogP contribution in [0.3, 0.4) is 0 Å². The Morgan fingerprint density at radius 1 is 1.38 bits per heavy atom. The summed E-state index contributed by atoms with van der Waals surface area (Å²) in [5.74, 6) is -5.47. The number of hydrogen-bond acceptors (Lipinski definition) is 6. The molecule has 0 bridgehead atoms. The average Bonchev–Trinajstić information content (AvgIpc) is 3.02. The van der Waals surface area contributed by atoms with Crippen molar-refractivity contribution < 1.29 is 36.4 Å². The fourth-order valence-electron chi connectivity index (χ4n) is 2.63. The molecule has 0 spiro atoms. The maximum Gasteiger partial charge on any atom is 0.455 e. The summed E-state index contributed by atoms with van der Waals surface area (Å²) in [5, 5.41) is 3.53. The molecule has 1 aromatic rings. The second-order valence-corrected chi connectivity index (χ2v) is 6.62. The zero-order valence-corrected chi connectivity index (χ0v) is 16.3. The van der Waals surface area contributed by atoms with Gasteiger partial charge in [-0.05, 0) is 19.1 Å². The van der Waals surface area contributed by atoms with Gasteiger partial charge in [-0.25, -0.2) is 9.18 Å². The molecular weight excluding hydrogens is 420 g/mol. The van der Waals surface area contributed by atoms with Crippen LogP contribution in [0.4, 0.5) is 17.6 Å². The Morgan fingerprint density at radius 3 is 2.55 bits per heavy atom. The van der Waals surface area contributed by atoms with Gasteiger partial charge in [-0.3, -0.25) is 4.79 Å². The molecule has 6 nitrogen and oxygen atoms in total. The lowest BCUT2D eigenvalue weighted by molar-refractivity contribution is -0.164. The fourth-order valence-corrected chi connectivity index (χ4v) is 2.93. The zero-order chi connectivity index (χ0) is 21.9. The maximum atomic E-state index is 14.5. The van der Waals surface area contributed by atoms with E-state index in [-0.39, 0.29) is 17.3 Å². The average molecular weight is 437 g/mol. The van der Waals surface area contributed by atoms with Gasteiger partial charge >= 0.3 is 12.1 Å². The largest absolute Gasteiger partial charge is 0.462 e. The molecule has 0 saturated carbocycles. The van der Waals surface area contributed by atoms with E-state index in [1.54, 1.807) is 0 Å². The van der Waals surface area contributed by atoms with Crippen molar-refractivity contribution in [2.24, 2.45) is 0 Å². The molecule has 0 aromatic carbocycles. The molecular formula is C18H17ClF4N2O4. The SMILES string of the molecule is CCOC(=O)c1c(C2C(Cl)=CC=CC2F)noc1/C(=C/N(C)C)C(=O)C(F)(F)F. The monoisotopic (exact) mass is 436 g/mol. The van der Waals surface area contributed by atoms with Crippen molar-refractivity contribution in [3.05, 3.63) is 46.5 Å². The number of nitrogens with zero attached hydrogens (tertiary/aromatic N) is 2. The first kappa shape index (κ1) is 22.7. The molecule has 158 valence electrons. The van der Waals surface area contributed by atoms with Gasteiger partial charge in [-0.1, -0.05) is 22.8 Å². The minimum absolute atomic E-state index is 0.0503. The van der Waals surface area contributed by atoms with Crippen LogP contribution in [0.1, 0.15) is 34.7 Å². The molecule has 2 rings (SSSR count). The van der Waals surface area contributed by atoms with Gasteiger partial charge in [0.15, 0.2) is 5.76 Å². The van der Waals surface area contributed by atoms with E-state index in [0.717, 1.165) is 17.2 Å². The normalized spacial score (nSPS) is 19.7. The Kier molecular flexibility index (Phi) is 6.89. The van der Waals surface area contributed by atoms with Crippen molar-refractivity contribution in [3.8, 4) is 0 Å². The molecule has 2 unspecified atom stereocenters. The number of rotatable bonds is 6. The van der Waals surface area contributed by atoms with Crippen LogP contribution in [0.2, 0.25) is 0 Å². The van der Waals surface area contributed by atoms with Crippen molar-refractivity contribution in [2.75, 3.05) is 20.7 Å². The smallest absolute Gasteiger partial charge is 0.455 e. The van der Waals surface area contributed by atoms with Crippen LogP contribution in [0.25, 0.3) is 5.57 Å². The first-order chi connectivity index (χ1) is 13.5. The zero-order valence-electron chi connectivity index (χ0n) is 15.6. The van der Waals surface area contributed by atoms with E-state index in [9.17, 15) is 27.2 Å². The number of aromatic nitrogens is 1. The summed E-state index contributed by atoms with van der Waals surface area (Å²) in [4.78, 5) is 25.6. The van der Waals surface area contributed by atoms with Crippen LogP contribution in [0.5, 0.6) is 0 Å². The third-order valence-corrected chi connectivity index (χ3v) is 4.15. The molecule has 1 heterocycles. The highest BCUT2D eigenvalue weighted by Gasteiger charge is 2.45. The Hall–Kier alpha value is -2.62. The molecule has 0 N–H and O–H groups in total. The predicted octanol–water partition coefficient (Wildman–Crippen LogP) is 4.00. The van der Waals surface area contributed by atoms with Crippen LogP contribution < -0.4 is 0 Å². The van der Waals surface area contributed by atoms with E-state index in [1.807, 2.05) is 0 Å². The third-order valence-electron chi connectivity index (χ3n) is 3.79. The number of ketones is 1. The van der Waals surface area contributed by atoms with Gasteiger partial charge in [0.2, 0.25) is 0 Å². The van der Waals surface area contributed by atoms with Crippen molar-refractivity contribution in [1.82, 2.24) is 10.1 Å². The van der Waals surface area contributed by atoms with E-state index in [2.05, 4.69) is 5.16 Å². The number of carbonyl (C=O) groups is 2. The quantitative estimate of drug-likeness (QED) is 0.381. The van der Waals surface area contributed by atoms with Gasteiger partial charge < -0.3 is 14.2 Å². The van der Waals surface area contributed by atoms with E-state index in [4.69, 9.17) is 20.9 Å². The molecule has 0 radical (unpaired) electrons. The Balaban J connectivity index is 2.73. The fraction of sp³-hybridized carbons (Fsp3) is 0.389. The number of Topliss-reactive ketones (excluding diaryl/α,β-unsaturated/α-hetero) is 1. The summed E-state index contributed by atoms with van der Waals surface area (Å²) in [7, 11) is 2.74. The standard InChI is InChI=1S/C18H17ClF4N2O4/c1-4-28-17(27)13-14(12-10(19)6-5-7-11(12)20)24-29-15(13)9(8-25(2)3)16(26)18(21,22)23/h5-8,11-12H,4H2,1-3H3/b9-8-. The van der Waals surface area contributed by atoms with Gasteiger partial charge in [-0.15, -0.1) is 0 Å². The summed E-state index contributed by atoms with van der Waals surface area (Å²) in [6, 6.07) is 0. The molecule has 0 amide bonds. The summed E-state index contributed by atoms with van der Waals surface area (Å²) >= 11 is 6.04. The first-order valence-electron chi connectivity index (χ1n) is 8.33. The van der Waals surface area contributed by atoms with Gasteiger partial charge in [-0.2, -0.15) is 13.2 Å². The summed E-state index contributed by atoms with van der Waals surface area (Å²) in [6.45, 7) is 1.34. The summed E-state index contributed by atoms with van der Waals surface area (Å²) in [6.07, 6.45) is -2.32. The molecule has 1 aromatic heterocycles. The number of ether oxygens (including phenoxy) is 1.